The van der Waals surface area contributed by atoms with Crippen LogP contribution in [-0.2, 0) is 27.6 Å². The molecule has 9 heteroatoms. The van der Waals surface area contributed by atoms with Gasteiger partial charge in [-0.3, -0.25) is 9.59 Å². The predicted octanol–water partition coefficient (Wildman–Crippen LogP) is 1.74. The highest BCUT2D eigenvalue weighted by molar-refractivity contribution is 7.91. The van der Waals surface area contributed by atoms with Crippen LogP contribution < -0.4 is 5.73 Å². The second-order valence-corrected chi connectivity index (χ2v) is 8.07. The first-order valence-electron chi connectivity index (χ1n) is 8.01. The van der Waals surface area contributed by atoms with Crippen LogP contribution in [-0.4, -0.2) is 36.9 Å². The highest BCUT2D eigenvalue weighted by Crippen LogP contribution is 2.26. The first-order chi connectivity index (χ1) is 12.7. The third-order valence-electron chi connectivity index (χ3n) is 4.50. The van der Waals surface area contributed by atoms with Gasteiger partial charge in [-0.25, -0.2) is 8.42 Å². The van der Waals surface area contributed by atoms with Gasteiger partial charge in [0.25, 0.3) is 5.91 Å². The summed E-state index contributed by atoms with van der Waals surface area (Å²) in [6, 6.07) is 10.7. The smallest absolute Gasteiger partial charge is 0.341 e. The standard InChI is InChI=1S/C18H16F2N2O4S/c19-18(20)27(25,26)14-7-5-11(6-8-14)17(24)22-10-13-4-2-1-3-12(13)9-15(22)16(21)23/h1-8,15,18H,9-10H2,(H2,21,23)/t15-/m0/s1. The molecule has 0 bridgehead atoms. The molecule has 2 N–H and O–H groups in total. The number of hydrogen-bond acceptors (Lipinski definition) is 4. The first-order valence-corrected chi connectivity index (χ1v) is 9.55. The number of fused-ring (bicyclic) bond motifs is 1. The molecule has 0 aromatic heterocycles. The second-order valence-electron chi connectivity index (χ2n) is 6.15. The monoisotopic (exact) mass is 394 g/mol. The summed E-state index contributed by atoms with van der Waals surface area (Å²) in [6.07, 6.45) is 0.273. The number of nitrogens with two attached hydrogens (primary N) is 1. The number of alkyl halides is 2. The lowest BCUT2D eigenvalue weighted by molar-refractivity contribution is -0.122. The molecular weight excluding hydrogens is 378 g/mol. The zero-order valence-electron chi connectivity index (χ0n) is 14.0. The molecule has 0 fully saturated rings. The lowest BCUT2D eigenvalue weighted by Crippen LogP contribution is -2.51. The Morgan fingerprint density at radius 2 is 1.63 bits per heavy atom. The summed E-state index contributed by atoms with van der Waals surface area (Å²) in [5, 5.41) is 0. The molecule has 0 radical (unpaired) electrons. The summed E-state index contributed by atoms with van der Waals surface area (Å²) in [6.45, 7) is 0.166. The maximum absolute atomic E-state index is 12.8. The molecule has 2 aromatic rings. The zero-order chi connectivity index (χ0) is 19.8. The normalized spacial score (nSPS) is 16.9. The highest BCUT2D eigenvalue weighted by atomic mass is 32.2. The molecular formula is C18H16F2N2O4S. The van der Waals surface area contributed by atoms with Crippen LogP contribution in [0.3, 0.4) is 0 Å². The summed E-state index contributed by atoms with van der Waals surface area (Å²) in [5.41, 5.74) is 7.32. The fraction of sp³-hybridized carbons (Fsp3) is 0.222. The van der Waals surface area contributed by atoms with Crippen LogP contribution in [0.15, 0.2) is 53.4 Å². The third kappa shape index (κ3) is 3.55. The number of primary amides is 1. The maximum Gasteiger partial charge on any atom is 0.341 e. The van der Waals surface area contributed by atoms with Crippen molar-refractivity contribution in [3.8, 4) is 0 Å². The van der Waals surface area contributed by atoms with Gasteiger partial charge in [-0.1, -0.05) is 24.3 Å². The summed E-state index contributed by atoms with van der Waals surface area (Å²) < 4.78 is 48.2. The number of amides is 2. The molecule has 0 saturated carbocycles. The quantitative estimate of drug-likeness (QED) is 0.854. The summed E-state index contributed by atoms with van der Waals surface area (Å²) >= 11 is 0. The van der Waals surface area contributed by atoms with Crippen LogP contribution in [0.25, 0.3) is 0 Å². The van der Waals surface area contributed by atoms with Crippen molar-refractivity contribution in [2.75, 3.05) is 0 Å². The van der Waals surface area contributed by atoms with Crippen molar-refractivity contribution >= 4 is 21.7 Å². The fourth-order valence-corrected chi connectivity index (χ4v) is 3.77. The molecule has 1 aliphatic rings. The van der Waals surface area contributed by atoms with E-state index in [1.54, 1.807) is 0 Å². The molecule has 1 heterocycles. The van der Waals surface area contributed by atoms with Gasteiger partial charge in [0.15, 0.2) is 0 Å². The van der Waals surface area contributed by atoms with Crippen LogP contribution in [0.4, 0.5) is 8.78 Å². The lowest BCUT2D eigenvalue weighted by Gasteiger charge is -2.35. The Kier molecular flexibility index (Phi) is 4.97. The highest BCUT2D eigenvalue weighted by Gasteiger charge is 2.34. The van der Waals surface area contributed by atoms with E-state index in [-0.39, 0.29) is 18.5 Å². The molecule has 27 heavy (non-hydrogen) atoms. The Morgan fingerprint density at radius 3 is 2.19 bits per heavy atom. The fourth-order valence-electron chi connectivity index (χ4n) is 3.05. The minimum atomic E-state index is -4.74. The molecule has 6 nitrogen and oxygen atoms in total. The van der Waals surface area contributed by atoms with Crippen LogP contribution in [0.1, 0.15) is 21.5 Å². The second kappa shape index (κ2) is 7.07. The zero-order valence-corrected chi connectivity index (χ0v) is 14.8. The average Bonchev–Trinajstić information content (AvgIpc) is 2.66. The number of carbonyl (C=O) groups is 2. The molecule has 3 rings (SSSR count). The van der Waals surface area contributed by atoms with E-state index in [9.17, 15) is 26.8 Å². The molecule has 0 spiro atoms. The topological polar surface area (TPSA) is 97.5 Å². The maximum atomic E-state index is 12.8. The van der Waals surface area contributed by atoms with Gasteiger partial charge in [0.2, 0.25) is 15.7 Å². The number of nitrogens with zero attached hydrogens (tertiary/aromatic N) is 1. The molecule has 2 amide bonds. The van der Waals surface area contributed by atoms with E-state index < -0.39 is 38.3 Å². The Hall–Kier alpha value is -2.81. The Labute approximate surface area is 154 Å². The summed E-state index contributed by atoms with van der Waals surface area (Å²) in [5.74, 6) is -4.74. The number of carbonyl (C=O) groups excluding carboxylic acids is 2. The van der Waals surface area contributed by atoms with Gasteiger partial charge in [0.05, 0.1) is 4.90 Å². The number of hydrogen-bond donors (Lipinski definition) is 1. The van der Waals surface area contributed by atoms with E-state index in [1.165, 1.54) is 4.90 Å². The third-order valence-corrected chi connectivity index (χ3v) is 5.90. The van der Waals surface area contributed by atoms with E-state index in [0.29, 0.717) is 0 Å². The van der Waals surface area contributed by atoms with Gasteiger partial charge in [-0.15, -0.1) is 0 Å². The average molecular weight is 394 g/mol. The van der Waals surface area contributed by atoms with Crippen LogP contribution in [0, 0.1) is 0 Å². The van der Waals surface area contributed by atoms with E-state index in [2.05, 4.69) is 0 Å². The Balaban J connectivity index is 1.91. The minimum Gasteiger partial charge on any atom is -0.368 e. The largest absolute Gasteiger partial charge is 0.368 e. The molecule has 0 saturated heterocycles. The molecule has 0 unspecified atom stereocenters. The Bertz CT molecular complexity index is 991. The van der Waals surface area contributed by atoms with E-state index in [1.807, 2.05) is 24.3 Å². The van der Waals surface area contributed by atoms with Crippen molar-refractivity contribution in [3.05, 3.63) is 65.2 Å². The molecule has 2 aromatic carbocycles. The number of halogens is 2. The van der Waals surface area contributed by atoms with Crippen molar-refractivity contribution in [2.45, 2.75) is 29.7 Å². The minimum absolute atomic E-state index is 0.0776. The molecule has 142 valence electrons. The SMILES string of the molecule is NC(=O)[C@@H]1Cc2ccccc2CN1C(=O)c1ccc(S(=O)(=O)C(F)F)cc1. The molecule has 1 atom stereocenters. The van der Waals surface area contributed by atoms with Crippen LogP contribution >= 0.6 is 0 Å². The summed E-state index contributed by atoms with van der Waals surface area (Å²) in [4.78, 5) is 25.4. The Morgan fingerprint density at radius 1 is 1.04 bits per heavy atom. The van der Waals surface area contributed by atoms with E-state index in [4.69, 9.17) is 5.73 Å². The van der Waals surface area contributed by atoms with E-state index >= 15 is 0 Å². The number of rotatable bonds is 4. The van der Waals surface area contributed by atoms with Gasteiger partial charge in [0, 0.05) is 18.5 Å². The van der Waals surface area contributed by atoms with Crippen molar-refractivity contribution in [2.24, 2.45) is 5.73 Å². The van der Waals surface area contributed by atoms with Gasteiger partial charge in [0.1, 0.15) is 6.04 Å². The van der Waals surface area contributed by atoms with Crippen molar-refractivity contribution in [3.63, 3.8) is 0 Å². The predicted molar refractivity (Wildman–Crippen MR) is 92.6 cm³/mol. The van der Waals surface area contributed by atoms with Crippen molar-refractivity contribution in [1.29, 1.82) is 0 Å². The van der Waals surface area contributed by atoms with Crippen molar-refractivity contribution < 1.29 is 26.8 Å². The van der Waals surface area contributed by atoms with Crippen molar-refractivity contribution in [1.82, 2.24) is 4.90 Å². The van der Waals surface area contributed by atoms with Gasteiger partial charge < -0.3 is 10.6 Å². The number of benzene rings is 2. The number of sulfone groups is 1. The van der Waals surface area contributed by atoms with Gasteiger partial charge >= 0.3 is 5.76 Å². The first kappa shape index (κ1) is 19.0. The molecule has 0 aliphatic carbocycles. The summed E-state index contributed by atoms with van der Waals surface area (Å²) in [7, 11) is -4.74. The molecule has 1 aliphatic heterocycles. The lowest BCUT2D eigenvalue weighted by atomic mass is 9.93. The van der Waals surface area contributed by atoms with Gasteiger partial charge in [-0.05, 0) is 35.4 Å². The van der Waals surface area contributed by atoms with Crippen LogP contribution in [0.2, 0.25) is 0 Å². The van der Waals surface area contributed by atoms with Gasteiger partial charge in [-0.2, -0.15) is 8.78 Å². The van der Waals surface area contributed by atoms with Crippen LogP contribution in [0.5, 0.6) is 0 Å². The van der Waals surface area contributed by atoms with E-state index in [0.717, 1.165) is 35.4 Å².